The lowest BCUT2D eigenvalue weighted by atomic mass is 10.1. The van der Waals surface area contributed by atoms with Crippen LogP contribution in [0.5, 0.6) is 0 Å². The summed E-state index contributed by atoms with van der Waals surface area (Å²) in [5.41, 5.74) is 2.53. The molecule has 0 atom stereocenters. The Morgan fingerprint density at radius 2 is 1.85 bits per heavy atom. The van der Waals surface area contributed by atoms with Gasteiger partial charge in [-0.25, -0.2) is 9.67 Å². The second-order valence-electron chi connectivity index (χ2n) is 8.62. The lowest BCUT2D eigenvalue weighted by Crippen LogP contribution is -2.51. The standard InChI is InChI=1S/C25H26N6O3/c1-17(2)31-24-20(16-27-31)19(15-21(28-24)22-7-5-13-34-22)25(33)30-11-9-29(10-12-30)23(32)14-18-6-3-4-8-26-18/h3-8,13,15-17H,9-12,14H2,1-2H3. The smallest absolute Gasteiger partial charge is 0.254 e. The molecule has 0 saturated carbocycles. The topological polar surface area (TPSA) is 97.4 Å². The van der Waals surface area contributed by atoms with Crippen molar-refractivity contribution in [3.63, 3.8) is 0 Å². The summed E-state index contributed by atoms with van der Waals surface area (Å²) < 4.78 is 7.36. The molecule has 34 heavy (non-hydrogen) atoms. The first kappa shape index (κ1) is 21.8. The number of carbonyl (C=O) groups is 2. The summed E-state index contributed by atoms with van der Waals surface area (Å²) in [6.07, 6.45) is 5.24. The molecule has 5 rings (SSSR count). The van der Waals surface area contributed by atoms with Crippen molar-refractivity contribution < 1.29 is 14.0 Å². The molecule has 1 aliphatic rings. The number of rotatable bonds is 5. The van der Waals surface area contributed by atoms with Crippen molar-refractivity contribution in [1.82, 2.24) is 29.5 Å². The summed E-state index contributed by atoms with van der Waals surface area (Å²) >= 11 is 0. The van der Waals surface area contributed by atoms with Crippen LogP contribution >= 0.6 is 0 Å². The number of amides is 2. The van der Waals surface area contributed by atoms with Crippen molar-refractivity contribution in [3.05, 3.63) is 66.3 Å². The molecule has 2 amide bonds. The maximum Gasteiger partial charge on any atom is 0.254 e. The molecular weight excluding hydrogens is 432 g/mol. The van der Waals surface area contributed by atoms with Gasteiger partial charge in [0.2, 0.25) is 5.91 Å². The predicted molar refractivity (Wildman–Crippen MR) is 126 cm³/mol. The van der Waals surface area contributed by atoms with Crippen molar-refractivity contribution in [2.75, 3.05) is 26.2 Å². The first-order valence-corrected chi connectivity index (χ1v) is 11.4. The quantitative estimate of drug-likeness (QED) is 0.456. The number of piperazine rings is 1. The van der Waals surface area contributed by atoms with Gasteiger partial charge >= 0.3 is 0 Å². The van der Waals surface area contributed by atoms with Crippen LogP contribution in [0.2, 0.25) is 0 Å². The van der Waals surface area contributed by atoms with Gasteiger partial charge in [-0.15, -0.1) is 0 Å². The summed E-state index contributed by atoms with van der Waals surface area (Å²) in [6, 6.07) is 11.0. The minimum atomic E-state index is -0.0969. The Morgan fingerprint density at radius 1 is 1.06 bits per heavy atom. The average Bonchev–Trinajstić information content (AvgIpc) is 3.54. The molecule has 174 valence electrons. The lowest BCUT2D eigenvalue weighted by molar-refractivity contribution is -0.132. The Hall–Kier alpha value is -4.01. The lowest BCUT2D eigenvalue weighted by Gasteiger charge is -2.35. The minimum Gasteiger partial charge on any atom is -0.463 e. The third-order valence-corrected chi connectivity index (χ3v) is 6.04. The van der Waals surface area contributed by atoms with E-state index < -0.39 is 0 Å². The van der Waals surface area contributed by atoms with E-state index in [2.05, 4.69) is 10.1 Å². The van der Waals surface area contributed by atoms with Crippen LogP contribution < -0.4 is 0 Å². The number of fused-ring (bicyclic) bond motifs is 1. The second-order valence-corrected chi connectivity index (χ2v) is 8.62. The molecular formula is C25H26N6O3. The molecule has 0 aromatic carbocycles. The Labute approximate surface area is 197 Å². The normalized spacial score (nSPS) is 14.2. The molecule has 4 aromatic heterocycles. The highest BCUT2D eigenvalue weighted by atomic mass is 16.3. The van der Waals surface area contributed by atoms with Crippen LogP contribution in [0.1, 0.15) is 35.9 Å². The molecule has 1 fully saturated rings. The van der Waals surface area contributed by atoms with E-state index in [1.807, 2.05) is 42.8 Å². The van der Waals surface area contributed by atoms with E-state index in [1.54, 1.807) is 40.6 Å². The number of nitrogens with zero attached hydrogens (tertiary/aromatic N) is 6. The fourth-order valence-corrected chi connectivity index (χ4v) is 4.22. The number of furan rings is 1. The molecule has 0 unspecified atom stereocenters. The number of aromatic nitrogens is 4. The maximum atomic E-state index is 13.6. The van der Waals surface area contributed by atoms with Gasteiger partial charge in [0.05, 0.1) is 29.8 Å². The maximum absolute atomic E-state index is 13.6. The number of hydrogen-bond acceptors (Lipinski definition) is 6. The third kappa shape index (κ3) is 4.16. The zero-order chi connectivity index (χ0) is 23.7. The molecule has 0 aliphatic carbocycles. The summed E-state index contributed by atoms with van der Waals surface area (Å²) in [6.45, 7) is 5.95. The van der Waals surface area contributed by atoms with E-state index >= 15 is 0 Å². The van der Waals surface area contributed by atoms with Crippen LogP contribution in [0, 0.1) is 0 Å². The van der Waals surface area contributed by atoms with Gasteiger partial charge < -0.3 is 14.2 Å². The minimum absolute atomic E-state index is 0.0235. The first-order chi connectivity index (χ1) is 16.5. The van der Waals surface area contributed by atoms with Crippen LogP contribution in [0.4, 0.5) is 0 Å². The van der Waals surface area contributed by atoms with Crippen molar-refractivity contribution in [3.8, 4) is 11.5 Å². The number of hydrogen-bond donors (Lipinski definition) is 0. The monoisotopic (exact) mass is 458 g/mol. The summed E-state index contributed by atoms with van der Waals surface area (Å²) in [7, 11) is 0. The van der Waals surface area contributed by atoms with Crippen molar-refractivity contribution >= 4 is 22.8 Å². The van der Waals surface area contributed by atoms with Crippen molar-refractivity contribution in [1.29, 1.82) is 0 Å². The van der Waals surface area contributed by atoms with E-state index in [0.29, 0.717) is 54.2 Å². The molecule has 0 spiro atoms. The van der Waals surface area contributed by atoms with E-state index in [-0.39, 0.29) is 24.3 Å². The van der Waals surface area contributed by atoms with Crippen molar-refractivity contribution in [2.45, 2.75) is 26.3 Å². The van der Waals surface area contributed by atoms with Gasteiger partial charge in [-0.3, -0.25) is 14.6 Å². The van der Waals surface area contributed by atoms with Gasteiger partial charge in [-0.2, -0.15) is 5.10 Å². The summed E-state index contributed by atoms with van der Waals surface area (Å²) in [5.74, 6) is 0.521. The fourth-order valence-electron chi connectivity index (χ4n) is 4.22. The molecule has 1 saturated heterocycles. The second kappa shape index (κ2) is 9.09. The van der Waals surface area contributed by atoms with E-state index in [1.165, 1.54) is 0 Å². The Morgan fingerprint density at radius 3 is 2.53 bits per heavy atom. The van der Waals surface area contributed by atoms with Gasteiger partial charge in [0.25, 0.3) is 5.91 Å². The zero-order valence-electron chi connectivity index (χ0n) is 19.2. The average molecular weight is 459 g/mol. The predicted octanol–water partition coefficient (Wildman–Crippen LogP) is 3.19. The van der Waals surface area contributed by atoms with Gasteiger partial charge in [0.15, 0.2) is 11.4 Å². The highest BCUT2D eigenvalue weighted by molar-refractivity contribution is 6.06. The SMILES string of the molecule is CC(C)n1ncc2c(C(=O)N3CCN(C(=O)Cc4ccccn4)CC3)cc(-c3ccco3)nc21. The Balaban J connectivity index is 1.37. The molecule has 1 aliphatic heterocycles. The van der Waals surface area contributed by atoms with Crippen LogP contribution in [-0.4, -0.2) is 67.5 Å². The van der Waals surface area contributed by atoms with Crippen LogP contribution in [0.15, 0.2) is 59.5 Å². The molecule has 9 heteroatoms. The largest absolute Gasteiger partial charge is 0.463 e. The van der Waals surface area contributed by atoms with Crippen molar-refractivity contribution in [2.24, 2.45) is 0 Å². The van der Waals surface area contributed by atoms with Gasteiger partial charge in [-0.05, 0) is 44.2 Å². The Bertz CT molecular complexity index is 1310. The third-order valence-electron chi connectivity index (χ3n) is 6.04. The molecule has 4 aromatic rings. The molecule has 0 N–H and O–H groups in total. The van der Waals surface area contributed by atoms with Gasteiger partial charge in [0, 0.05) is 44.1 Å². The number of carbonyl (C=O) groups excluding carboxylic acids is 2. The first-order valence-electron chi connectivity index (χ1n) is 11.4. The van der Waals surface area contributed by atoms with Crippen LogP contribution in [0.25, 0.3) is 22.5 Å². The van der Waals surface area contributed by atoms with E-state index in [4.69, 9.17) is 9.40 Å². The van der Waals surface area contributed by atoms with E-state index in [0.717, 1.165) is 5.69 Å². The zero-order valence-corrected chi connectivity index (χ0v) is 19.2. The van der Waals surface area contributed by atoms with Gasteiger partial charge in [0.1, 0.15) is 5.69 Å². The molecule has 9 nitrogen and oxygen atoms in total. The molecule has 5 heterocycles. The van der Waals surface area contributed by atoms with E-state index in [9.17, 15) is 9.59 Å². The summed E-state index contributed by atoms with van der Waals surface area (Å²) in [5, 5.41) is 5.19. The fraction of sp³-hybridized carbons (Fsp3) is 0.320. The number of pyridine rings is 2. The molecule has 0 bridgehead atoms. The summed E-state index contributed by atoms with van der Waals surface area (Å²) in [4.78, 5) is 38.8. The van der Waals surface area contributed by atoms with Crippen LogP contribution in [0.3, 0.4) is 0 Å². The molecule has 0 radical (unpaired) electrons. The van der Waals surface area contributed by atoms with Crippen LogP contribution in [-0.2, 0) is 11.2 Å². The highest BCUT2D eigenvalue weighted by Crippen LogP contribution is 2.27. The van der Waals surface area contributed by atoms with Gasteiger partial charge in [-0.1, -0.05) is 6.07 Å². The highest BCUT2D eigenvalue weighted by Gasteiger charge is 2.28. The Kier molecular flexibility index (Phi) is 5.83.